The third-order valence-electron chi connectivity index (χ3n) is 3.97. The van der Waals surface area contributed by atoms with Gasteiger partial charge in [-0.1, -0.05) is 24.3 Å². The van der Waals surface area contributed by atoms with E-state index >= 15 is 0 Å². The number of aliphatic hydroxyl groups is 1. The van der Waals surface area contributed by atoms with Crippen LogP contribution in [-0.4, -0.2) is 34.6 Å². The minimum Gasteiger partial charge on any atom is -0.387 e. The molecule has 2 amide bonds. The van der Waals surface area contributed by atoms with Crippen molar-refractivity contribution in [3.05, 3.63) is 72.3 Å². The van der Waals surface area contributed by atoms with Crippen LogP contribution in [0.4, 0.5) is 14.9 Å². The second-order valence-corrected chi connectivity index (χ2v) is 5.78. The molecule has 25 heavy (non-hydrogen) atoms. The molecule has 128 valence electrons. The molecule has 1 aromatic heterocycles. The van der Waals surface area contributed by atoms with Crippen LogP contribution in [0, 0.1) is 5.82 Å². The minimum atomic E-state index is -0.895. The molecule has 3 rings (SSSR count). The van der Waals surface area contributed by atoms with Gasteiger partial charge in [0.2, 0.25) is 0 Å². The van der Waals surface area contributed by atoms with E-state index in [0.717, 1.165) is 10.8 Å². The lowest BCUT2D eigenvalue weighted by Crippen LogP contribution is -2.34. The molecule has 5 nitrogen and oxygen atoms in total. The Kier molecular flexibility index (Phi) is 4.90. The number of nitrogens with one attached hydrogen (secondary N) is 1. The van der Waals surface area contributed by atoms with E-state index in [1.165, 1.54) is 29.2 Å². The molecule has 0 fully saturated rings. The number of hydrogen-bond acceptors (Lipinski definition) is 3. The van der Waals surface area contributed by atoms with Gasteiger partial charge in [0, 0.05) is 30.2 Å². The van der Waals surface area contributed by atoms with Gasteiger partial charge < -0.3 is 15.3 Å². The highest BCUT2D eigenvalue weighted by Gasteiger charge is 2.16. The lowest BCUT2D eigenvalue weighted by molar-refractivity contribution is 0.136. The number of anilines is 1. The number of hydrogen-bond donors (Lipinski definition) is 2. The number of pyridine rings is 1. The van der Waals surface area contributed by atoms with Gasteiger partial charge >= 0.3 is 6.03 Å². The lowest BCUT2D eigenvalue weighted by atomic mass is 10.1. The summed E-state index contributed by atoms with van der Waals surface area (Å²) in [6.07, 6.45) is 2.50. The van der Waals surface area contributed by atoms with Gasteiger partial charge in [-0.3, -0.25) is 4.98 Å². The number of aromatic nitrogens is 1. The molecule has 0 bridgehead atoms. The van der Waals surface area contributed by atoms with Gasteiger partial charge in [0.15, 0.2) is 0 Å². The fourth-order valence-corrected chi connectivity index (χ4v) is 2.57. The van der Waals surface area contributed by atoms with Crippen LogP contribution in [0.25, 0.3) is 10.8 Å². The van der Waals surface area contributed by atoms with Gasteiger partial charge in [0.05, 0.1) is 18.3 Å². The van der Waals surface area contributed by atoms with Crippen molar-refractivity contribution in [2.24, 2.45) is 0 Å². The first-order chi connectivity index (χ1) is 12.0. The smallest absolute Gasteiger partial charge is 0.321 e. The van der Waals surface area contributed by atoms with Gasteiger partial charge in [0.1, 0.15) is 5.82 Å². The summed E-state index contributed by atoms with van der Waals surface area (Å²) in [6.45, 7) is 0.0871. The van der Waals surface area contributed by atoms with Crippen molar-refractivity contribution >= 4 is 22.5 Å². The number of benzene rings is 2. The van der Waals surface area contributed by atoms with Crippen LogP contribution in [0.15, 0.2) is 60.9 Å². The monoisotopic (exact) mass is 339 g/mol. The van der Waals surface area contributed by atoms with Crippen molar-refractivity contribution < 1.29 is 14.3 Å². The first-order valence-electron chi connectivity index (χ1n) is 7.83. The lowest BCUT2D eigenvalue weighted by Gasteiger charge is -2.22. The summed E-state index contributed by atoms with van der Waals surface area (Å²) in [4.78, 5) is 17.9. The first-order valence-corrected chi connectivity index (χ1v) is 7.83. The van der Waals surface area contributed by atoms with Crippen molar-refractivity contribution in [3.8, 4) is 0 Å². The third kappa shape index (κ3) is 3.92. The Morgan fingerprint density at radius 3 is 2.76 bits per heavy atom. The van der Waals surface area contributed by atoms with Gasteiger partial charge in [0.25, 0.3) is 0 Å². The fraction of sp³-hybridized carbons (Fsp3) is 0.158. The number of urea groups is 1. The molecule has 6 heteroatoms. The molecular weight excluding hydrogens is 321 g/mol. The number of carbonyl (C=O) groups excluding carboxylic acids is 1. The highest BCUT2D eigenvalue weighted by Crippen LogP contribution is 2.22. The molecule has 0 aliphatic heterocycles. The molecule has 0 aliphatic carbocycles. The molecular formula is C19H18FN3O2. The number of likely N-dealkylation sites (N-methyl/N-ethyl adjacent to an activating group) is 1. The van der Waals surface area contributed by atoms with Gasteiger partial charge in [-0.2, -0.15) is 0 Å². The minimum absolute atomic E-state index is 0.0871. The molecule has 0 saturated carbocycles. The summed E-state index contributed by atoms with van der Waals surface area (Å²) in [7, 11) is 1.59. The maximum absolute atomic E-state index is 13.0. The van der Waals surface area contributed by atoms with E-state index in [2.05, 4.69) is 10.3 Å². The Morgan fingerprint density at radius 2 is 2.00 bits per heavy atom. The van der Waals surface area contributed by atoms with Crippen LogP contribution in [-0.2, 0) is 0 Å². The zero-order valence-electron chi connectivity index (χ0n) is 13.7. The molecule has 2 N–H and O–H groups in total. The molecule has 0 spiro atoms. The largest absolute Gasteiger partial charge is 0.387 e. The zero-order chi connectivity index (χ0) is 17.8. The Hall–Kier alpha value is -2.99. The Bertz CT molecular complexity index is 878. The van der Waals surface area contributed by atoms with Crippen molar-refractivity contribution in [2.75, 3.05) is 18.9 Å². The number of amides is 2. The Labute approximate surface area is 144 Å². The second-order valence-electron chi connectivity index (χ2n) is 5.78. The van der Waals surface area contributed by atoms with Crippen LogP contribution in [0.1, 0.15) is 11.7 Å². The average Bonchev–Trinajstić information content (AvgIpc) is 2.62. The van der Waals surface area contributed by atoms with E-state index in [1.807, 2.05) is 24.3 Å². The maximum atomic E-state index is 13.0. The molecule has 1 heterocycles. The molecule has 3 aromatic rings. The second kappa shape index (κ2) is 7.27. The molecule has 2 aromatic carbocycles. The topological polar surface area (TPSA) is 65.5 Å². The summed E-state index contributed by atoms with van der Waals surface area (Å²) in [5.41, 5.74) is 1.23. The van der Waals surface area contributed by atoms with E-state index in [4.69, 9.17) is 0 Å². The zero-order valence-corrected chi connectivity index (χ0v) is 13.7. The van der Waals surface area contributed by atoms with Crippen molar-refractivity contribution in [1.29, 1.82) is 0 Å². The molecule has 0 aliphatic rings. The molecule has 0 unspecified atom stereocenters. The van der Waals surface area contributed by atoms with Crippen LogP contribution < -0.4 is 5.32 Å². The summed E-state index contributed by atoms with van der Waals surface area (Å²) < 4.78 is 13.0. The number of carbonyl (C=O) groups is 1. The summed E-state index contributed by atoms with van der Waals surface area (Å²) in [6, 6.07) is 12.6. The normalized spacial score (nSPS) is 12.0. The van der Waals surface area contributed by atoms with Crippen LogP contribution >= 0.6 is 0 Å². The van der Waals surface area contributed by atoms with Gasteiger partial charge in [-0.15, -0.1) is 0 Å². The molecule has 0 saturated heterocycles. The van der Waals surface area contributed by atoms with E-state index < -0.39 is 6.10 Å². The Balaban J connectivity index is 1.69. The number of nitrogens with zero attached hydrogens (tertiary/aromatic N) is 2. The average molecular weight is 339 g/mol. The number of fused-ring (bicyclic) bond motifs is 1. The predicted octanol–water partition coefficient (Wildman–Crippen LogP) is 3.57. The first kappa shape index (κ1) is 16.9. The van der Waals surface area contributed by atoms with Gasteiger partial charge in [-0.25, -0.2) is 9.18 Å². The number of halogens is 1. The standard InChI is InChI=1S/C19H18FN3O2/c1-23(12-18(24)13-5-7-15(20)8-6-13)19(25)22-17-4-2-3-14-11-21-10-9-16(14)17/h2-11,18,24H,12H2,1H3,(H,22,25)/t18-/m0/s1. The molecule has 0 radical (unpaired) electrons. The fourth-order valence-electron chi connectivity index (χ4n) is 2.57. The SMILES string of the molecule is CN(C[C@H](O)c1ccc(F)cc1)C(=O)Nc1cccc2cnccc12. The third-order valence-corrected chi connectivity index (χ3v) is 3.97. The van der Waals surface area contributed by atoms with Crippen LogP contribution in [0.2, 0.25) is 0 Å². The number of aliphatic hydroxyl groups excluding tert-OH is 1. The highest BCUT2D eigenvalue weighted by molar-refractivity contribution is 6.01. The van der Waals surface area contributed by atoms with Gasteiger partial charge in [-0.05, 0) is 29.8 Å². The summed E-state index contributed by atoms with van der Waals surface area (Å²) in [5, 5.41) is 14.9. The van der Waals surface area contributed by atoms with E-state index in [9.17, 15) is 14.3 Å². The van der Waals surface area contributed by atoms with Crippen LogP contribution in [0.3, 0.4) is 0 Å². The van der Waals surface area contributed by atoms with E-state index in [0.29, 0.717) is 11.3 Å². The Morgan fingerprint density at radius 1 is 1.24 bits per heavy atom. The number of rotatable bonds is 4. The highest BCUT2D eigenvalue weighted by atomic mass is 19.1. The quantitative estimate of drug-likeness (QED) is 0.764. The van der Waals surface area contributed by atoms with Crippen molar-refractivity contribution in [3.63, 3.8) is 0 Å². The predicted molar refractivity (Wildman–Crippen MR) is 94.8 cm³/mol. The summed E-state index contributed by atoms with van der Waals surface area (Å²) in [5.74, 6) is -0.368. The molecule has 1 atom stereocenters. The van der Waals surface area contributed by atoms with E-state index in [1.54, 1.807) is 19.4 Å². The van der Waals surface area contributed by atoms with Crippen molar-refractivity contribution in [1.82, 2.24) is 9.88 Å². The van der Waals surface area contributed by atoms with Crippen molar-refractivity contribution in [2.45, 2.75) is 6.10 Å². The summed E-state index contributed by atoms with van der Waals surface area (Å²) >= 11 is 0. The van der Waals surface area contributed by atoms with Crippen LogP contribution in [0.5, 0.6) is 0 Å². The maximum Gasteiger partial charge on any atom is 0.321 e. The van der Waals surface area contributed by atoms with E-state index in [-0.39, 0.29) is 18.4 Å².